The van der Waals surface area contributed by atoms with Crippen LogP contribution < -0.4 is 9.47 Å². The van der Waals surface area contributed by atoms with Gasteiger partial charge >= 0.3 is 0 Å². The van der Waals surface area contributed by atoms with Crippen LogP contribution in [0.25, 0.3) is 11.4 Å². The topological polar surface area (TPSA) is 64.4 Å². The summed E-state index contributed by atoms with van der Waals surface area (Å²) in [6, 6.07) is 19.5. The van der Waals surface area contributed by atoms with E-state index < -0.39 is 0 Å². The molecule has 0 amide bonds. The first-order valence-electron chi connectivity index (χ1n) is 9.57. The van der Waals surface area contributed by atoms with Crippen LogP contribution >= 0.6 is 28.1 Å². The van der Waals surface area contributed by atoms with Gasteiger partial charge in [-0.25, -0.2) is 9.49 Å². The number of aromatic amines is 1. The van der Waals surface area contributed by atoms with Gasteiger partial charge < -0.3 is 9.47 Å². The summed E-state index contributed by atoms with van der Waals surface area (Å²) in [5.74, 6) is 1.39. The summed E-state index contributed by atoms with van der Waals surface area (Å²) in [7, 11) is 1.56. The van der Waals surface area contributed by atoms with Crippen molar-refractivity contribution in [1.82, 2.24) is 14.9 Å². The van der Waals surface area contributed by atoms with Crippen molar-refractivity contribution in [2.24, 2.45) is 5.10 Å². The number of nitrogens with one attached hydrogen (secondary N) is 1. The molecule has 162 valence electrons. The molecule has 0 saturated heterocycles. The molecule has 4 rings (SSSR count). The second kappa shape index (κ2) is 9.88. The third-order valence-corrected chi connectivity index (χ3v) is 5.41. The Labute approximate surface area is 197 Å². The number of halogens is 2. The van der Waals surface area contributed by atoms with E-state index in [9.17, 15) is 4.39 Å². The van der Waals surface area contributed by atoms with E-state index in [2.05, 4.69) is 31.2 Å². The van der Waals surface area contributed by atoms with E-state index in [0.29, 0.717) is 26.6 Å². The van der Waals surface area contributed by atoms with Crippen LogP contribution in [0.4, 0.5) is 4.39 Å². The summed E-state index contributed by atoms with van der Waals surface area (Å²) in [5.41, 5.74) is 2.50. The summed E-state index contributed by atoms with van der Waals surface area (Å²) in [6.45, 7) is 0.271. The Hall–Kier alpha value is -3.30. The molecule has 0 aliphatic rings. The van der Waals surface area contributed by atoms with Gasteiger partial charge in [0.05, 0.1) is 17.8 Å². The quantitative estimate of drug-likeness (QED) is 0.244. The molecule has 1 N–H and O–H groups in total. The molecule has 0 unspecified atom stereocenters. The van der Waals surface area contributed by atoms with Gasteiger partial charge in [0.25, 0.3) is 0 Å². The Morgan fingerprint density at radius 2 is 1.91 bits per heavy atom. The molecule has 1 aromatic heterocycles. The van der Waals surface area contributed by atoms with Crippen molar-refractivity contribution in [3.05, 3.63) is 92.9 Å². The molecule has 0 atom stereocenters. The molecule has 1 heterocycles. The zero-order chi connectivity index (χ0) is 22.5. The Bertz CT molecular complexity index is 1300. The van der Waals surface area contributed by atoms with Crippen molar-refractivity contribution in [2.75, 3.05) is 7.11 Å². The molecule has 0 aliphatic heterocycles. The number of ether oxygens (including phenoxy) is 2. The molecule has 3 aromatic carbocycles. The van der Waals surface area contributed by atoms with Gasteiger partial charge in [-0.2, -0.15) is 14.9 Å². The number of hydrogen-bond donors (Lipinski definition) is 1. The van der Waals surface area contributed by atoms with Crippen LogP contribution in [0, 0.1) is 10.6 Å². The molecule has 0 bridgehead atoms. The van der Waals surface area contributed by atoms with Crippen LogP contribution in [-0.4, -0.2) is 28.2 Å². The number of benzene rings is 3. The van der Waals surface area contributed by atoms with E-state index in [-0.39, 0.29) is 12.4 Å². The fourth-order valence-corrected chi connectivity index (χ4v) is 3.74. The van der Waals surface area contributed by atoms with E-state index in [1.54, 1.807) is 36.2 Å². The lowest BCUT2D eigenvalue weighted by Crippen LogP contribution is -2.00. The predicted molar refractivity (Wildman–Crippen MR) is 127 cm³/mol. The van der Waals surface area contributed by atoms with E-state index in [1.807, 2.05) is 36.4 Å². The number of H-pyrrole nitrogens is 1. The minimum Gasteiger partial charge on any atom is -0.493 e. The first-order chi connectivity index (χ1) is 15.5. The van der Waals surface area contributed by atoms with Crippen molar-refractivity contribution in [2.45, 2.75) is 6.61 Å². The highest BCUT2D eigenvalue weighted by Crippen LogP contribution is 2.37. The highest BCUT2D eigenvalue weighted by Gasteiger charge is 2.12. The average molecular weight is 513 g/mol. The lowest BCUT2D eigenvalue weighted by Gasteiger charge is -2.13. The highest BCUT2D eigenvalue weighted by molar-refractivity contribution is 9.10. The SMILES string of the molecule is COc1cc(/C=N\n2c(-c3ccccc3)n[nH]c2=S)cc(Br)c1OCc1ccc(F)cc1. The normalized spacial score (nSPS) is 11.1. The molecule has 32 heavy (non-hydrogen) atoms. The third-order valence-electron chi connectivity index (χ3n) is 4.55. The zero-order valence-corrected chi connectivity index (χ0v) is 19.4. The maximum atomic E-state index is 13.1. The molecule has 0 aliphatic carbocycles. The van der Waals surface area contributed by atoms with Crippen LogP contribution in [0.5, 0.6) is 11.5 Å². The molecule has 4 aromatic rings. The van der Waals surface area contributed by atoms with Gasteiger partial charge in [0.15, 0.2) is 17.3 Å². The lowest BCUT2D eigenvalue weighted by molar-refractivity contribution is 0.282. The zero-order valence-electron chi connectivity index (χ0n) is 17.0. The highest BCUT2D eigenvalue weighted by atomic mass is 79.9. The molecular weight excluding hydrogens is 495 g/mol. The average Bonchev–Trinajstić information content (AvgIpc) is 3.18. The maximum absolute atomic E-state index is 13.1. The van der Waals surface area contributed by atoms with Crippen molar-refractivity contribution >= 4 is 34.4 Å². The van der Waals surface area contributed by atoms with Gasteiger partial charge in [0.2, 0.25) is 4.77 Å². The Kier molecular flexibility index (Phi) is 6.77. The lowest BCUT2D eigenvalue weighted by atomic mass is 10.2. The predicted octanol–water partition coefficient (Wildman–Crippen LogP) is 5.98. The summed E-state index contributed by atoms with van der Waals surface area (Å²) in [6.07, 6.45) is 1.66. The second-order valence-corrected chi connectivity index (χ2v) is 7.97. The number of aromatic nitrogens is 3. The third kappa shape index (κ3) is 4.95. The van der Waals surface area contributed by atoms with Gasteiger partial charge in [-0.15, -0.1) is 0 Å². The van der Waals surface area contributed by atoms with Crippen molar-refractivity contribution in [3.63, 3.8) is 0 Å². The summed E-state index contributed by atoms with van der Waals surface area (Å²) >= 11 is 8.86. The van der Waals surface area contributed by atoms with Gasteiger partial charge in [0, 0.05) is 5.56 Å². The Morgan fingerprint density at radius 1 is 1.16 bits per heavy atom. The van der Waals surface area contributed by atoms with Crippen molar-refractivity contribution in [3.8, 4) is 22.9 Å². The molecule has 9 heteroatoms. The fourth-order valence-electron chi connectivity index (χ4n) is 2.99. The van der Waals surface area contributed by atoms with Crippen LogP contribution in [0.3, 0.4) is 0 Å². The van der Waals surface area contributed by atoms with E-state index >= 15 is 0 Å². The monoisotopic (exact) mass is 512 g/mol. The molecule has 0 saturated carbocycles. The van der Waals surface area contributed by atoms with E-state index in [0.717, 1.165) is 16.7 Å². The first-order valence-corrected chi connectivity index (χ1v) is 10.8. The molecule has 0 spiro atoms. The number of nitrogens with zero attached hydrogens (tertiary/aromatic N) is 3. The Balaban J connectivity index is 1.59. The minimum atomic E-state index is -0.288. The first kappa shape index (κ1) is 21.9. The Morgan fingerprint density at radius 3 is 2.62 bits per heavy atom. The standard InChI is InChI=1S/C23H18BrFN4O2S/c1-30-20-12-16(11-19(24)21(20)31-14-15-7-9-18(25)10-8-15)13-26-29-22(27-28-23(29)32)17-5-3-2-4-6-17/h2-13H,14H2,1H3,(H,28,32)/b26-13-. The second-order valence-electron chi connectivity index (χ2n) is 6.72. The van der Waals surface area contributed by atoms with Gasteiger partial charge in [-0.05, 0) is 63.5 Å². The maximum Gasteiger partial charge on any atom is 0.216 e. The van der Waals surface area contributed by atoms with Gasteiger partial charge in [0.1, 0.15) is 12.4 Å². The molecule has 6 nitrogen and oxygen atoms in total. The van der Waals surface area contributed by atoms with Crippen molar-refractivity contribution < 1.29 is 13.9 Å². The minimum absolute atomic E-state index is 0.271. The smallest absolute Gasteiger partial charge is 0.216 e. The molecule has 0 fully saturated rings. The summed E-state index contributed by atoms with van der Waals surface area (Å²) < 4.78 is 27.2. The van der Waals surface area contributed by atoms with Crippen LogP contribution in [0.15, 0.2) is 76.3 Å². The van der Waals surface area contributed by atoms with Gasteiger partial charge in [-0.3, -0.25) is 0 Å². The summed E-state index contributed by atoms with van der Waals surface area (Å²) in [5, 5.41) is 11.6. The van der Waals surface area contributed by atoms with E-state index in [1.165, 1.54) is 12.1 Å². The molecular formula is C23H18BrFN4O2S. The fraction of sp³-hybridized carbons (Fsp3) is 0.0870. The number of methoxy groups -OCH3 is 1. The van der Waals surface area contributed by atoms with Crippen molar-refractivity contribution in [1.29, 1.82) is 0 Å². The van der Waals surface area contributed by atoms with Crippen LogP contribution in [0.2, 0.25) is 0 Å². The van der Waals surface area contributed by atoms with Crippen LogP contribution in [0.1, 0.15) is 11.1 Å². The van der Waals surface area contributed by atoms with Crippen LogP contribution in [-0.2, 0) is 6.61 Å². The largest absolute Gasteiger partial charge is 0.493 e. The molecule has 0 radical (unpaired) electrons. The van der Waals surface area contributed by atoms with Gasteiger partial charge in [-0.1, -0.05) is 42.5 Å². The van der Waals surface area contributed by atoms with E-state index in [4.69, 9.17) is 21.7 Å². The summed E-state index contributed by atoms with van der Waals surface area (Å²) in [4.78, 5) is 0. The number of rotatable bonds is 7. The number of hydrogen-bond acceptors (Lipinski definition) is 5.